The number of nitrogens with two attached hydrogens (primary N) is 3. The van der Waals surface area contributed by atoms with Gasteiger partial charge in [0.05, 0.1) is 11.6 Å². The highest BCUT2D eigenvalue weighted by atomic mass is 127. The van der Waals surface area contributed by atoms with Crippen LogP contribution in [0, 0.1) is 3.57 Å². The van der Waals surface area contributed by atoms with Gasteiger partial charge in [0, 0.05) is 16.3 Å². The van der Waals surface area contributed by atoms with Crippen molar-refractivity contribution in [1.29, 1.82) is 0 Å². The van der Waals surface area contributed by atoms with Crippen LogP contribution in [0.25, 0.3) is 0 Å². The smallest absolute Gasteiger partial charge is 0.229 e. The Hall–Kier alpha value is -0.770. The highest BCUT2D eigenvalue weighted by Gasteiger charge is 2.26. The van der Waals surface area contributed by atoms with Crippen molar-refractivity contribution in [3.8, 4) is 0 Å². The fourth-order valence-electron chi connectivity index (χ4n) is 1.47. The molecule has 1 amide bonds. The molecule has 0 spiro atoms. The maximum absolute atomic E-state index is 11.3. The van der Waals surface area contributed by atoms with Gasteiger partial charge in [0.2, 0.25) is 5.91 Å². The number of nitrogens with one attached hydrogen (secondary N) is 1. The zero-order valence-electron chi connectivity index (χ0n) is 11.7. The molecular weight excluding hydrogens is 357 g/mol. The molecular formula is C12H24IN5O. The molecule has 7 N–H and O–H groups in total. The van der Waals surface area contributed by atoms with Crippen LogP contribution in [0.4, 0.5) is 0 Å². The molecule has 1 saturated heterocycles. The third-order valence-electron chi connectivity index (χ3n) is 2.16. The molecule has 0 aromatic carbocycles. The number of nitrogens with zero attached hydrogens (tertiary/aromatic N) is 1. The van der Waals surface area contributed by atoms with Crippen molar-refractivity contribution in [1.82, 2.24) is 10.3 Å². The average molecular weight is 381 g/mol. The number of rotatable bonds is 1. The SMILES string of the molecule is CN.CN.CN.O=C1NCCC1c1ccc(I)cn1. The van der Waals surface area contributed by atoms with Crippen LogP contribution in [0.2, 0.25) is 0 Å². The van der Waals surface area contributed by atoms with E-state index in [9.17, 15) is 4.79 Å². The molecule has 0 saturated carbocycles. The van der Waals surface area contributed by atoms with Gasteiger partial charge in [-0.1, -0.05) is 0 Å². The molecule has 0 aliphatic carbocycles. The van der Waals surface area contributed by atoms with Crippen molar-refractivity contribution in [2.45, 2.75) is 12.3 Å². The number of hydrogen-bond acceptors (Lipinski definition) is 5. The molecule has 7 heteroatoms. The molecule has 2 heterocycles. The number of carbonyl (C=O) groups excluding carboxylic acids is 1. The summed E-state index contributed by atoms with van der Waals surface area (Å²) in [7, 11) is 4.50. The summed E-state index contributed by atoms with van der Waals surface area (Å²) >= 11 is 2.20. The molecule has 0 bridgehead atoms. The van der Waals surface area contributed by atoms with Crippen molar-refractivity contribution >= 4 is 28.5 Å². The Kier molecular flexibility index (Phi) is 14.8. The number of carbonyl (C=O) groups is 1. The largest absolute Gasteiger partial charge is 0.355 e. The number of halogens is 1. The zero-order chi connectivity index (χ0) is 15.3. The molecule has 110 valence electrons. The summed E-state index contributed by atoms with van der Waals surface area (Å²) in [5, 5.41) is 2.80. The van der Waals surface area contributed by atoms with Crippen molar-refractivity contribution in [2.24, 2.45) is 17.2 Å². The topological polar surface area (TPSA) is 120 Å². The maximum Gasteiger partial charge on any atom is 0.229 e. The summed E-state index contributed by atoms with van der Waals surface area (Å²) in [6.45, 7) is 0.775. The first kappa shape index (κ1) is 20.5. The van der Waals surface area contributed by atoms with Crippen LogP contribution in [0.3, 0.4) is 0 Å². The summed E-state index contributed by atoms with van der Waals surface area (Å²) in [6.07, 6.45) is 2.66. The van der Waals surface area contributed by atoms with E-state index in [-0.39, 0.29) is 11.8 Å². The van der Waals surface area contributed by atoms with Crippen molar-refractivity contribution in [3.05, 3.63) is 27.6 Å². The fraction of sp³-hybridized carbons (Fsp3) is 0.500. The summed E-state index contributed by atoms with van der Waals surface area (Å²) in [4.78, 5) is 15.5. The van der Waals surface area contributed by atoms with E-state index in [1.165, 1.54) is 21.1 Å². The van der Waals surface area contributed by atoms with E-state index in [0.717, 1.165) is 22.2 Å². The predicted octanol–water partition coefficient (Wildman–Crippen LogP) is 0.0144. The van der Waals surface area contributed by atoms with Crippen LogP contribution < -0.4 is 22.5 Å². The Labute approximate surface area is 128 Å². The van der Waals surface area contributed by atoms with Gasteiger partial charge in [-0.2, -0.15) is 0 Å². The van der Waals surface area contributed by atoms with Gasteiger partial charge in [0.25, 0.3) is 0 Å². The number of aromatic nitrogens is 1. The van der Waals surface area contributed by atoms with Crippen LogP contribution in [0.15, 0.2) is 18.3 Å². The van der Waals surface area contributed by atoms with E-state index in [2.05, 4.69) is 50.1 Å². The van der Waals surface area contributed by atoms with Gasteiger partial charge in [0.15, 0.2) is 0 Å². The van der Waals surface area contributed by atoms with Crippen molar-refractivity contribution < 1.29 is 4.79 Å². The highest BCUT2D eigenvalue weighted by molar-refractivity contribution is 14.1. The van der Waals surface area contributed by atoms with Gasteiger partial charge < -0.3 is 22.5 Å². The molecule has 1 aromatic heterocycles. The molecule has 0 radical (unpaired) electrons. The molecule has 1 unspecified atom stereocenters. The second-order valence-corrected chi connectivity index (χ2v) is 4.28. The Balaban J connectivity index is 0. The molecule has 2 rings (SSSR count). The minimum Gasteiger partial charge on any atom is -0.355 e. The lowest BCUT2D eigenvalue weighted by Crippen LogP contribution is -2.18. The number of hydrogen-bond donors (Lipinski definition) is 4. The highest BCUT2D eigenvalue weighted by Crippen LogP contribution is 2.21. The Bertz CT molecular complexity index is 331. The lowest BCUT2D eigenvalue weighted by atomic mass is 10.0. The van der Waals surface area contributed by atoms with E-state index in [1.807, 2.05) is 12.1 Å². The summed E-state index contributed by atoms with van der Waals surface area (Å²) in [5.41, 5.74) is 14.4. The quantitative estimate of drug-likeness (QED) is 0.511. The van der Waals surface area contributed by atoms with Crippen LogP contribution in [0.5, 0.6) is 0 Å². The first-order valence-electron chi connectivity index (χ1n) is 5.90. The van der Waals surface area contributed by atoms with Gasteiger partial charge in [-0.3, -0.25) is 9.78 Å². The van der Waals surface area contributed by atoms with E-state index < -0.39 is 0 Å². The fourth-order valence-corrected chi connectivity index (χ4v) is 1.79. The summed E-state index contributed by atoms with van der Waals surface area (Å²) in [5.74, 6) is 0.0747. The minimum absolute atomic E-state index is 0.0306. The van der Waals surface area contributed by atoms with Crippen LogP contribution in [0.1, 0.15) is 18.0 Å². The first-order chi connectivity index (χ1) is 9.27. The predicted molar refractivity (Wildman–Crippen MR) is 87.7 cm³/mol. The summed E-state index contributed by atoms with van der Waals surface area (Å²) < 4.78 is 1.10. The van der Waals surface area contributed by atoms with Crippen molar-refractivity contribution in [2.75, 3.05) is 27.7 Å². The minimum atomic E-state index is -0.0306. The molecule has 1 aromatic rings. The molecule has 1 aliphatic rings. The average Bonchev–Trinajstić information content (AvgIpc) is 2.92. The van der Waals surface area contributed by atoms with Crippen LogP contribution >= 0.6 is 22.6 Å². The third kappa shape index (κ3) is 7.41. The Morgan fingerprint density at radius 3 is 2.16 bits per heavy atom. The zero-order valence-corrected chi connectivity index (χ0v) is 13.8. The second-order valence-electron chi connectivity index (χ2n) is 3.03. The van der Waals surface area contributed by atoms with E-state index in [1.54, 1.807) is 6.20 Å². The lowest BCUT2D eigenvalue weighted by molar-refractivity contribution is -0.120. The van der Waals surface area contributed by atoms with Crippen LogP contribution in [-0.4, -0.2) is 38.6 Å². The van der Waals surface area contributed by atoms with Gasteiger partial charge in [-0.15, -0.1) is 0 Å². The Morgan fingerprint density at radius 2 is 1.79 bits per heavy atom. The van der Waals surface area contributed by atoms with Crippen molar-refractivity contribution in [3.63, 3.8) is 0 Å². The van der Waals surface area contributed by atoms with Gasteiger partial charge in [0.1, 0.15) is 0 Å². The number of amides is 1. The normalized spacial score (nSPS) is 15.7. The third-order valence-corrected chi connectivity index (χ3v) is 2.79. The monoisotopic (exact) mass is 381 g/mol. The van der Waals surface area contributed by atoms with Gasteiger partial charge in [-0.25, -0.2) is 0 Å². The maximum atomic E-state index is 11.3. The second kappa shape index (κ2) is 13.7. The van der Waals surface area contributed by atoms with Crippen LogP contribution in [-0.2, 0) is 4.79 Å². The molecule has 6 nitrogen and oxygen atoms in total. The first-order valence-corrected chi connectivity index (χ1v) is 6.97. The van der Waals surface area contributed by atoms with E-state index >= 15 is 0 Å². The molecule has 1 atom stereocenters. The summed E-state index contributed by atoms with van der Waals surface area (Å²) in [6, 6.07) is 3.91. The van der Waals surface area contributed by atoms with E-state index in [0.29, 0.717) is 0 Å². The molecule has 1 fully saturated rings. The lowest BCUT2D eigenvalue weighted by Gasteiger charge is -2.04. The standard InChI is InChI=1S/C9H9IN2O.3CH5N/c10-6-1-2-8(12-5-6)7-3-4-11-9(7)13;3*1-2/h1-2,5,7H,3-4H2,(H,11,13);3*2H2,1H3. The Morgan fingerprint density at radius 1 is 1.21 bits per heavy atom. The van der Waals surface area contributed by atoms with Gasteiger partial charge in [-0.05, 0) is 62.3 Å². The number of pyridine rings is 1. The van der Waals surface area contributed by atoms with Gasteiger partial charge >= 0.3 is 0 Å². The molecule has 19 heavy (non-hydrogen) atoms. The van der Waals surface area contributed by atoms with E-state index in [4.69, 9.17) is 0 Å². The molecule has 1 aliphatic heterocycles.